The first-order valence-corrected chi connectivity index (χ1v) is 25.4. The van der Waals surface area contributed by atoms with Crippen LogP contribution in [0.3, 0.4) is 0 Å². The van der Waals surface area contributed by atoms with E-state index in [1.807, 2.05) is 6.26 Å². The second-order valence-corrected chi connectivity index (χ2v) is 21.8. The average Bonchev–Trinajstić information content (AvgIpc) is 3.81. The molecule has 0 atom stereocenters. The Morgan fingerprint density at radius 3 is 1.22 bits per heavy atom. The normalized spacial score (nSPS) is 13.9. The average molecular weight is 938 g/mol. The SMILES string of the molecule is CC(C)(C)c1ccc(N(c2cc(N(c3ccccc3)c3ccccc3)cc(N(c3cccc(-c4ccccc4)c3)c3cccc(-c4ccccc4)c3)c2)c2coc3cc4c(cc23)C(C)(C)CCC4(C)C)cc1. The van der Waals surface area contributed by atoms with Crippen molar-refractivity contribution in [3.63, 3.8) is 0 Å². The van der Waals surface area contributed by atoms with Gasteiger partial charge in [0.1, 0.15) is 11.8 Å². The van der Waals surface area contributed by atoms with Crippen LogP contribution in [0.1, 0.15) is 78.0 Å². The van der Waals surface area contributed by atoms with Crippen LogP contribution in [-0.2, 0) is 16.2 Å². The number of hydrogen-bond acceptors (Lipinski definition) is 4. The number of benzene rings is 9. The third kappa shape index (κ3) is 8.99. The number of hydrogen-bond donors (Lipinski definition) is 0. The van der Waals surface area contributed by atoms with E-state index in [1.165, 1.54) is 16.7 Å². The minimum atomic E-state index is -0.0226. The fourth-order valence-corrected chi connectivity index (χ4v) is 10.7. The first-order chi connectivity index (χ1) is 34.8. The summed E-state index contributed by atoms with van der Waals surface area (Å²) in [6.45, 7) is 16.4. The summed E-state index contributed by atoms with van der Waals surface area (Å²) >= 11 is 0. The molecule has 0 saturated carbocycles. The van der Waals surface area contributed by atoms with E-state index < -0.39 is 0 Å². The Bertz CT molecular complexity index is 3370. The zero-order chi connectivity index (χ0) is 49.6. The zero-order valence-electron chi connectivity index (χ0n) is 42.6. The molecule has 0 saturated heterocycles. The van der Waals surface area contributed by atoms with Crippen molar-refractivity contribution in [2.45, 2.75) is 77.6 Å². The highest BCUT2D eigenvalue weighted by atomic mass is 16.3. The van der Waals surface area contributed by atoms with Gasteiger partial charge in [0.05, 0.1) is 22.7 Å². The first-order valence-electron chi connectivity index (χ1n) is 25.4. The van der Waals surface area contributed by atoms with Crippen molar-refractivity contribution >= 4 is 62.2 Å². The number of para-hydroxylation sites is 2. The van der Waals surface area contributed by atoms with Crippen LogP contribution in [0.2, 0.25) is 0 Å². The molecule has 0 N–H and O–H groups in total. The number of anilines is 9. The van der Waals surface area contributed by atoms with E-state index in [0.29, 0.717) is 0 Å². The van der Waals surface area contributed by atoms with E-state index in [4.69, 9.17) is 4.42 Å². The highest BCUT2D eigenvalue weighted by molar-refractivity contribution is 5.99. The molecule has 72 heavy (non-hydrogen) atoms. The fourth-order valence-electron chi connectivity index (χ4n) is 10.7. The van der Waals surface area contributed by atoms with Gasteiger partial charge >= 0.3 is 0 Å². The summed E-state index contributed by atoms with van der Waals surface area (Å²) in [6, 6.07) is 81.7. The van der Waals surface area contributed by atoms with Crippen molar-refractivity contribution in [3.05, 3.63) is 247 Å². The Morgan fingerprint density at radius 1 is 0.361 bits per heavy atom. The van der Waals surface area contributed by atoms with Gasteiger partial charge in [0, 0.05) is 33.8 Å². The molecular formula is C68H63N3O. The number of nitrogens with zero attached hydrogens (tertiary/aromatic N) is 3. The van der Waals surface area contributed by atoms with E-state index in [9.17, 15) is 0 Å². The number of rotatable bonds is 11. The molecule has 0 fully saturated rings. The fraction of sp³-hybridized carbons (Fsp3) is 0.176. The molecule has 4 nitrogen and oxygen atoms in total. The second kappa shape index (κ2) is 18.6. The minimum absolute atomic E-state index is 0.00873. The lowest BCUT2D eigenvalue weighted by molar-refractivity contribution is 0.332. The summed E-state index contributed by atoms with van der Waals surface area (Å²) < 4.78 is 6.76. The minimum Gasteiger partial charge on any atom is -0.462 e. The molecule has 0 bridgehead atoms. The maximum atomic E-state index is 6.76. The van der Waals surface area contributed by atoms with Gasteiger partial charge in [-0.15, -0.1) is 0 Å². The van der Waals surface area contributed by atoms with Gasteiger partial charge in [-0.1, -0.05) is 182 Å². The van der Waals surface area contributed by atoms with E-state index >= 15 is 0 Å². The van der Waals surface area contributed by atoms with Gasteiger partial charge in [-0.3, -0.25) is 0 Å². The first kappa shape index (κ1) is 46.3. The van der Waals surface area contributed by atoms with Crippen LogP contribution in [0.4, 0.5) is 51.2 Å². The largest absolute Gasteiger partial charge is 0.462 e. The second-order valence-electron chi connectivity index (χ2n) is 21.8. The van der Waals surface area contributed by atoms with Gasteiger partial charge in [0.15, 0.2) is 0 Å². The van der Waals surface area contributed by atoms with Gasteiger partial charge < -0.3 is 19.1 Å². The van der Waals surface area contributed by atoms with Gasteiger partial charge in [-0.2, -0.15) is 0 Å². The zero-order valence-corrected chi connectivity index (χ0v) is 42.6. The van der Waals surface area contributed by atoms with Crippen molar-refractivity contribution in [1.29, 1.82) is 0 Å². The van der Waals surface area contributed by atoms with E-state index in [1.54, 1.807) is 0 Å². The molecule has 0 radical (unpaired) electrons. The van der Waals surface area contributed by atoms with Crippen molar-refractivity contribution in [2.24, 2.45) is 0 Å². The quantitative estimate of drug-likeness (QED) is 0.129. The van der Waals surface area contributed by atoms with Crippen LogP contribution in [-0.4, -0.2) is 0 Å². The molecule has 1 aromatic heterocycles. The van der Waals surface area contributed by atoms with Crippen LogP contribution in [0, 0.1) is 0 Å². The van der Waals surface area contributed by atoms with E-state index in [0.717, 1.165) is 97.3 Å². The molecule has 356 valence electrons. The Hall–Kier alpha value is -8.08. The summed E-state index contributed by atoms with van der Waals surface area (Å²) in [5.41, 5.74) is 18.8. The molecule has 4 heteroatoms. The van der Waals surface area contributed by atoms with Crippen molar-refractivity contribution in [2.75, 3.05) is 14.7 Å². The number of fused-ring (bicyclic) bond motifs is 2. The van der Waals surface area contributed by atoms with Crippen LogP contribution < -0.4 is 14.7 Å². The summed E-state index contributed by atoms with van der Waals surface area (Å²) in [5.74, 6) is 0. The van der Waals surface area contributed by atoms with Gasteiger partial charge in [-0.05, 0) is 159 Å². The molecule has 10 aromatic rings. The summed E-state index contributed by atoms with van der Waals surface area (Å²) in [5, 5.41) is 1.09. The Labute approximate surface area is 426 Å². The number of furan rings is 1. The van der Waals surface area contributed by atoms with Gasteiger partial charge in [0.25, 0.3) is 0 Å². The van der Waals surface area contributed by atoms with Crippen molar-refractivity contribution in [1.82, 2.24) is 0 Å². The van der Waals surface area contributed by atoms with Crippen molar-refractivity contribution in [3.8, 4) is 22.3 Å². The highest BCUT2D eigenvalue weighted by Gasteiger charge is 2.38. The molecule has 0 aliphatic heterocycles. The lowest BCUT2D eigenvalue weighted by Gasteiger charge is -2.41. The van der Waals surface area contributed by atoms with E-state index in [-0.39, 0.29) is 16.2 Å². The van der Waals surface area contributed by atoms with Crippen LogP contribution in [0.25, 0.3) is 33.2 Å². The maximum Gasteiger partial charge on any atom is 0.136 e. The van der Waals surface area contributed by atoms with Crippen LogP contribution in [0.5, 0.6) is 0 Å². The molecular weight excluding hydrogens is 875 g/mol. The molecule has 1 aliphatic rings. The molecule has 0 unspecified atom stereocenters. The molecule has 1 heterocycles. The van der Waals surface area contributed by atoms with Crippen molar-refractivity contribution < 1.29 is 4.42 Å². The maximum absolute atomic E-state index is 6.76. The van der Waals surface area contributed by atoms with E-state index in [2.05, 4.69) is 288 Å². The molecule has 1 aliphatic carbocycles. The molecule has 9 aromatic carbocycles. The Kier molecular flexibility index (Phi) is 12.0. The molecule has 0 amide bonds. The smallest absolute Gasteiger partial charge is 0.136 e. The predicted molar refractivity (Wildman–Crippen MR) is 305 cm³/mol. The van der Waals surface area contributed by atoms with Gasteiger partial charge in [0.2, 0.25) is 0 Å². The summed E-state index contributed by atoms with van der Waals surface area (Å²) in [7, 11) is 0. The van der Waals surface area contributed by atoms with Gasteiger partial charge in [-0.25, -0.2) is 0 Å². The summed E-state index contributed by atoms with van der Waals surface area (Å²) in [6.07, 6.45) is 4.24. The Balaban J connectivity index is 1.22. The third-order valence-corrected chi connectivity index (χ3v) is 14.9. The molecule has 0 spiro atoms. The molecule has 11 rings (SSSR count). The summed E-state index contributed by atoms with van der Waals surface area (Å²) in [4.78, 5) is 7.22. The third-order valence-electron chi connectivity index (χ3n) is 14.9. The lowest BCUT2D eigenvalue weighted by Crippen LogP contribution is -2.33. The standard InChI is InChI=1S/C68H63N3O/c1-66(2,3)52-34-36-55(37-35-52)71(64-47-72-65-46-63-62(45-61(64)65)67(4,5)38-39-68(63,6)7)60-43-58(69(53-28-16-10-17-29-53)54-30-18-11-19-31-54)42-59(44-60)70(56-32-20-26-50(40-56)48-22-12-8-13-23-48)57-33-21-27-51(41-57)49-24-14-9-15-25-49/h8-37,40-47H,38-39H2,1-7H3. The predicted octanol–water partition coefficient (Wildman–Crippen LogP) is 19.8. The van der Waals surface area contributed by atoms with Crippen LogP contribution >= 0.6 is 0 Å². The Morgan fingerprint density at radius 2 is 0.750 bits per heavy atom. The topological polar surface area (TPSA) is 22.9 Å². The van der Waals surface area contributed by atoms with Crippen LogP contribution in [0.15, 0.2) is 235 Å². The highest BCUT2D eigenvalue weighted by Crippen LogP contribution is 2.52. The monoisotopic (exact) mass is 937 g/mol. The lowest BCUT2D eigenvalue weighted by atomic mass is 9.63.